The molecule has 26 nitrogen and oxygen atoms in total. The highest BCUT2D eigenvalue weighted by Crippen LogP contribution is 2.61. The molecule has 3 heterocycles. The van der Waals surface area contributed by atoms with Crippen LogP contribution in [0.4, 0.5) is 5.82 Å². The molecule has 11 N–H and O–H groups in total. The number of imidazole rings is 1. The van der Waals surface area contributed by atoms with Gasteiger partial charge in [0.25, 0.3) is 0 Å². The Hall–Kier alpha value is -3.23. The van der Waals surface area contributed by atoms with Crippen LogP contribution in [0.2, 0.25) is 0 Å². The molecule has 0 saturated carbocycles. The van der Waals surface area contributed by atoms with Crippen LogP contribution in [0.15, 0.2) is 24.8 Å². The molecule has 30 heteroatoms. The molecule has 0 bridgehead atoms. The van der Waals surface area contributed by atoms with E-state index in [4.69, 9.17) is 24.6 Å². The van der Waals surface area contributed by atoms with Crippen LogP contribution in [-0.4, -0.2) is 134 Å². The Morgan fingerprint density at radius 2 is 1.74 bits per heavy atom. The number of phosphoric acid groups is 3. The summed E-state index contributed by atoms with van der Waals surface area (Å²) < 4.78 is 62.0. The third kappa shape index (κ3) is 15.5. The number of nitrogen functional groups attached to an aromatic ring is 1. The molecule has 1 saturated heterocycles. The number of hydrogen-bond acceptors (Lipinski definition) is 19. The van der Waals surface area contributed by atoms with Crippen molar-refractivity contribution < 1.29 is 90.4 Å². The van der Waals surface area contributed by atoms with Crippen molar-refractivity contribution in [2.75, 3.05) is 37.8 Å². The lowest BCUT2D eigenvalue weighted by Crippen LogP contribution is -2.46. The summed E-state index contributed by atoms with van der Waals surface area (Å²) in [5.74, 6) is -2.34. The topological polar surface area (TPSA) is 401 Å². The molecule has 57 heavy (non-hydrogen) atoms. The van der Waals surface area contributed by atoms with Crippen LogP contribution in [0.25, 0.3) is 11.2 Å². The summed E-state index contributed by atoms with van der Waals surface area (Å²) >= 11 is 0.895. The smallest absolute Gasteiger partial charge is 0.481 e. The maximum atomic E-state index is 12.7. The summed E-state index contributed by atoms with van der Waals surface area (Å²) in [6, 6.07) is 0. The molecular formula is C27H42N7O19P3S. The number of carbonyl (C=O) groups excluding carboxylic acids is 3. The quantitative estimate of drug-likeness (QED) is 0.0366. The molecule has 320 valence electrons. The van der Waals surface area contributed by atoms with E-state index in [-0.39, 0.29) is 60.2 Å². The fraction of sp³-hybridized carbons (Fsp3) is 0.593. The van der Waals surface area contributed by atoms with E-state index in [0.717, 1.165) is 29.0 Å². The van der Waals surface area contributed by atoms with Gasteiger partial charge in [0.1, 0.15) is 36.3 Å². The van der Waals surface area contributed by atoms with Crippen LogP contribution in [0.5, 0.6) is 0 Å². The number of carbonyl (C=O) groups is 4. The number of aromatic nitrogens is 4. The molecule has 1 fully saturated rings. The third-order valence-corrected chi connectivity index (χ3v) is 11.5. The van der Waals surface area contributed by atoms with Crippen LogP contribution < -0.4 is 16.4 Å². The van der Waals surface area contributed by atoms with E-state index < -0.39 is 90.5 Å². The molecule has 7 unspecified atom stereocenters. The van der Waals surface area contributed by atoms with Gasteiger partial charge >= 0.3 is 29.4 Å². The standard InChI is InChI=1S/C27H42N7O19P3S/c1-27(2,22(40)25(41)30-8-7-16(35)29-9-10-57-18(38)6-4-3-5-17(36)37)12-50-56(47,48)53-55(45,46)49-11-15-21(52-54(42,43)44)20(39)26(51-15)34-14-33-19-23(28)31-13-32-24(19)34/h4,6,13-15,20-22,26,39-40H,3,5,7-12H2,1-2H3,(H,29,35)(H,30,41)(H,36,37)(H,45,46)(H,47,48)(H2,28,31,32)(H2,42,43,44)/b6-4+. The lowest BCUT2D eigenvalue weighted by atomic mass is 9.87. The van der Waals surface area contributed by atoms with Crippen LogP contribution in [0, 0.1) is 5.41 Å². The largest absolute Gasteiger partial charge is 0.481 e. The highest BCUT2D eigenvalue weighted by molar-refractivity contribution is 8.14. The van der Waals surface area contributed by atoms with Gasteiger partial charge in [0.15, 0.2) is 17.7 Å². The Bertz CT molecular complexity index is 1930. The minimum Gasteiger partial charge on any atom is -0.481 e. The predicted octanol–water partition coefficient (Wildman–Crippen LogP) is -0.914. The number of hydrogen-bond donors (Lipinski definition) is 10. The fourth-order valence-corrected chi connectivity index (χ4v) is 8.14. The number of nitrogens with two attached hydrogens (primary N) is 1. The number of fused-ring (bicyclic) bond motifs is 1. The summed E-state index contributed by atoms with van der Waals surface area (Å²) in [6.07, 6.45) is -4.33. The molecule has 2 amide bonds. The van der Waals surface area contributed by atoms with Gasteiger partial charge in [-0.25, -0.2) is 28.6 Å². The number of phosphoric ester groups is 3. The minimum absolute atomic E-state index is 0.0202. The van der Waals surface area contributed by atoms with E-state index >= 15 is 0 Å². The van der Waals surface area contributed by atoms with Crippen molar-refractivity contribution in [2.24, 2.45) is 5.41 Å². The van der Waals surface area contributed by atoms with Gasteiger partial charge in [-0.15, -0.1) is 0 Å². The van der Waals surface area contributed by atoms with E-state index in [0.29, 0.717) is 0 Å². The number of allylic oxidation sites excluding steroid dienone is 1. The molecular weight excluding hydrogens is 851 g/mol. The first-order valence-electron chi connectivity index (χ1n) is 16.4. The maximum Gasteiger partial charge on any atom is 0.481 e. The van der Waals surface area contributed by atoms with Gasteiger partial charge in [-0.05, 0) is 12.5 Å². The van der Waals surface area contributed by atoms with Gasteiger partial charge in [-0.2, -0.15) is 4.31 Å². The monoisotopic (exact) mass is 893 g/mol. The molecule has 0 aliphatic carbocycles. The number of aliphatic hydroxyl groups is 2. The highest BCUT2D eigenvalue weighted by Gasteiger charge is 2.50. The van der Waals surface area contributed by atoms with Crippen LogP contribution in [-0.2, 0) is 55.5 Å². The zero-order valence-electron chi connectivity index (χ0n) is 30.0. The number of ether oxygens (including phenoxy) is 1. The summed E-state index contributed by atoms with van der Waals surface area (Å²) in [5.41, 5.74) is 4.21. The second-order valence-corrected chi connectivity index (χ2v) is 17.9. The molecule has 0 radical (unpaired) electrons. The van der Waals surface area contributed by atoms with E-state index in [1.54, 1.807) is 0 Å². The van der Waals surface area contributed by atoms with Gasteiger partial charge < -0.3 is 56.0 Å². The minimum atomic E-state index is -5.59. The number of carboxylic acids is 1. The molecule has 0 aromatic carbocycles. The van der Waals surface area contributed by atoms with E-state index in [1.165, 1.54) is 26.0 Å². The summed E-state index contributed by atoms with van der Waals surface area (Å²) in [4.78, 5) is 97.6. The van der Waals surface area contributed by atoms with Crippen LogP contribution in [0.3, 0.4) is 0 Å². The first kappa shape index (κ1) is 48.1. The zero-order chi connectivity index (χ0) is 42.8. The Morgan fingerprint density at radius 3 is 2.40 bits per heavy atom. The Labute approximate surface area is 327 Å². The Morgan fingerprint density at radius 1 is 1.05 bits per heavy atom. The summed E-state index contributed by atoms with van der Waals surface area (Å²) in [7, 11) is -16.4. The van der Waals surface area contributed by atoms with E-state index in [1.807, 2.05) is 0 Å². The van der Waals surface area contributed by atoms with Crippen molar-refractivity contribution in [1.29, 1.82) is 0 Å². The van der Waals surface area contributed by atoms with Crippen molar-refractivity contribution in [3.05, 3.63) is 24.8 Å². The molecule has 3 rings (SSSR count). The first-order chi connectivity index (χ1) is 26.4. The lowest BCUT2D eigenvalue weighted by molar-refractivity contribution is -0.137. The average Bonchev–Trinajstić information content (AvgIpc) is 3.66. The highest BCUT2D eigenvalue weighted by atomic mass is 32.2. The van der Waals surface area contributed by atoms with Crippen molar-refractivity contribution in [3.8, 4) is 0 Å². The van der Waals surface area contributed by atoms with Gasteiger partial charge in [0.2, 0.25) is 16.9 Å². The predicted molar refractivity (Wildman–Crippen MR) is 193 cm³/mol. The molecule has 1 aliphatic heterocycles. The van der Waals surface area contributed by atoms with Gasteiger partial charge in [0, 0.05) is 37.1 Å². The number of aliphatic hydroxyl groups excluding tert-OH is 2. The number of nitrogens with zero attached hydrogens (tertiary/aromatic N) is 4. The van der Waals surface area contributed by atoms with Crippen molar-refractivity contribution in [2.45, 2.75) is 63.8 Å². The molecule has 1 aliphatic rings. The summed E-state index contributed by atoms with van der Waals surface area (Å²) in [6.45, 7) is 0.257. The molecule has 2 aromatic rings. The molecule has 0 spiro atoms. The summed E-state index contributed by atoms with van der Waals surface area (Å²) in [5, 5.41) is 34.5. The number of thioether (sulfide) groups is 1. The number of anilines is 1. The second-order valence-electron chi connectivity index (χ2n) is 12.6. The van der Waals surface area contributed by atoms with Gasteiger partial charge in [-0.3, -0.25) is 37.3 Å². The second kappa shape index (κ2) is 20.6. The van der Waals surface area contributed by atoms with Crippen LogP contribution >= 0.6 is 35.2 Å². The van der Waals surface area contributed by atoms with Gasteiger partial charge in [0.05, 0.1) is 19.5 Å². The van der Waals surface area contributed by atoms with Crippen LogP contribution in [0.1, 0.15) is 39.3 Å². The maximum absolute atomic E-state index is 12.7. The zero-order valence-corrected chi connectivity index (χ0v) is 33.5. The normalized spacial score (nSPS) is 21.5. The van der Waals surface area contributed by atoms with Crippen molar-refractivity contribution >= 4 is 75.1 Å². The molecule has 2 aromatic heterocycles. The lowest BCUT2D eigenvalue weighted by Gasteiger charge is -2.30. The van der Waals surface area contributed by atoms with Gasteiger partial charge in [-0.1, -0.05) is 31.7 Å². The average molecular weight is 894 g/mol. The van der Waals surface area contributed by atoms with E-state index in [2.05, 4.69) is 34.4 Å². The number of aliphatic carboxylic acids is 1. The van der Waals surface area contributed by atoms with E-state index in [9.17, 15) is 62.7 Å². The van der Waals surface area contributed by atoms with Crippen molar-refractivity contribution in [3.63, 3.8) is 0 Å². The van der Waals surface area contributed by atoms with Crippen molar-refractivity contribution in [1.82, 2.24) is 30.2 Å². The SMILES string of the molecule is CC(C)(COP(=O)(O)OP(=O)(O)OCC1OC(n2cnc3c(N)ncnc32)C(O)C1OP(=O)(O)O)C(O)C(=O)NCCC(=O)NCCSC(=O)/C=C/CCC(=O)O. The third-order valence-electron chi connectivity index (χ3n) is 7.52. The first-order valence-corrected chi connectivity index (χ1v) is 21.9. The molecule has 7 atom stereocenters. The Balaban J connectivity index is 1.47. The number of carboxylic acid groups (broad SMARTS) is 1. The Kier molecular flexibility index (Phi) is 17.4. The fourth-order valence-electron chi connectivity index (χ4n) is 4.72. The number of nitrogens with one attached hydrogen (secondary N) is 2. The number of rotatable bonds is 23. The number of amides is 2.